The van der Waals surface area contributed by atoms with Crippen LogP contribution in [-0.2, 0) is 23.2 Å². The van der Waals surface area contributed by atoms with E-state index in [2.05, 4.69) is 32.7 Å². The smallest absolute Gasteiger partial charge is 0.381 e. The Morgan fingerprint density at radius 2 is 2.05 bits per heavy atom. The number of nitrogens with one attached hydrogen (secondary N) is 2. The average Bonchev–Trinajstić information content (AvgIpc) is 3.73. The van der Waals surface area contributed by atoms with Crippen molar-refractivity contribution >= 4 is 33.8 Å². The minimum absolute atomic E-state index is 0.0308. The van der Waals surface area contributed by atoms with Gasteiger partial charge in [0.15, 0.2) is 0 Å². The molecule has 10 nitrogen and oxygen atoms in total. The van der Waals surface area contributed by atoms with Gasteiger partial charge in [-0.15, -0.1) is 11.3 Å². The number of alkyl halides is 4. The highest BCUT2D eigenvalue weighted by atomic mass is 32.1. The monoisotopic (exact) mass is 635 g/mol. The van der Waals surface area contributed by atoms with Gasteiger partial charge in [-0.3, -0.25) is 4.79 Å². The first-order valence-corrected chi connectivity index (χ1v) is 15.2. The molecule has 0 unspecified atom stereocenters. The van der Waals surface area contributed by atoms with E-state index in [0.29, 0.717) is 47.6 Å². The number of nitrogens with zero attached hydrogens (tertiary/aromatic N) is 5. The standard InChI is InChI=1S/C29H33F4N7O3S/c1-28(7-10-42-11-8-28)27-35-13-23(44-27)26(41)34-14-24-37-25(38-43-24)22-12-17-19(36-20-6-9-39(2)15-18(20)30)4-3-5-21(17)40(22)16-29(31,32)33/h3-5,12-13,18,20,36H,6-11,14-16H2,1-2H3,(H,34,41)/t18-,20+/m0/s1. The molecule has 6 rings (SSSR count). The fraction of sp³-hybridized carbons (Fsp3) is 0.517. The average molecular weight is 636 g/mol. The molecule has 1 aromatic carbocycles. The van der Waals surface area contributed by atoms with Crippen molar-refractivity contribution in [2.75, 3.05) is 38.7 Å². The molecule has 44 heavy (non-hydrogen) atoms. The van der Waals surface area contributed by atoms with E-state index in [1.165, 1.54) is 17.5 Å². The third-order valence-corrected chi connectivity index (χ3v) is 9.61. The lowest BCUT2D eigenvalue weighted by Crippen LogP contribution is -2.46. The van der Waals surface area contributed by atoms with Gasteiger partial charge in [-0.25, -0.2) is 9.37 Å². The SMILES string of the molecule is CN1CC[C@@H](Nc2cccc3c2cc(-c2noc(CNC(=O)c4cnc(C5(C)CCOCC5)s4)n2)n3CC(F)(F)F)[C@@H](F)C1. The minimum Gasteiger partial charge on any atom is -0.381 e. The molecule has 1 amide bonds. The Balaban J connectivity index is 1.21. The van der Waals surface area contributed by atoms with Crippen molar-refractivity contribution in [2.24, 2.45) is 0 Å². The second-order valence-electron chi connectivity index (χ2n) is 11.7. The molecule has 0 spiro atoms. The molecule has 0 aliphatic carbocycles. The molecule has 0 saturated carbocycles. The number of benzene rings is 1. The van der Waals surface area contributed by atoms with E-state index < -0.39 is 24.9 Å². The van der Waals surface area contributed by atoms with Gasteiger partial charge in [0.05, 0.1) is 35.0 Å². The number of amides is 1. The van der Waals surface area contributed by atoms with Crippen LogP contribution in [-0.4, -0.2) is 82.2 Å². The van der Waals surface area contributed by atoms with E-state index >= 15 is 0 Å². The van der Waals surface area contributed by atoms with Crippen LogP contribution in [0, 0.1) is 0 Å². The summed E-state index contributed by atoms with van der Waals surface area (Å²) in [5, 5.41) is 11.2. The summed E-state index contributed by atoms with van der Waals surface area (Å²) in [5.41, 5.74) is 0.763. The number of fused-ring (bicyclic) bond motifs is 1. The summed E-state index contributed by atoms with van der Waals surface area (Å²) in [4.78, 5) is 23.9. The predicted octanol–water partition coefficient (Wildman–Crippen LogP) is 5.16. The molecule has 236 valence electrons. The number of likely N-dealkylation sites (tertiary alicyclic amines) is 1. The summed E-state index contributed by atoms with van der Waals surface area (Å²) in [7, 11) is 1.85. The molecule has 2 N–H and O–H groups in total. The lowest BCUT2D eigenvalue weighted by atomic mass is 9.83. The zero-order chi connectivity index (χ0) is 31.1. The van der Waals surface area contributed by atoms with Gasteiger partial charge >= 0.3 is 6.18 Å². The zero-order valence-corrected chi connectivity index (χ0v) is 25.1. The Labute approximate surface area is 254 Å². The third-order valence-electron chi connectivity index (χ3n) is 8.31. The molecule has 5 heterocycles. The summed E-state index contributed by atoms with van der Waals surface area (Å²) in [6, 6.07) is 6.01. The number of thiazole rings is 1. The number of piperidine rings is 1. The summed E-state index contributed by atoms with van der Waals surface area (Å²) in [6.45, 7) is 2.98. The van der Waals surface area contributed by atoms with E-state index in [-0.39, 0.29) is 41.8 Å². The van der Waals surface area contributed by atoms with Gasteiger partial charge in [-0.2, -0.15) is 18.2 Å². The van der Waals surface area contributed by atoms with Crippen molar-refractivity contribution in [3.05, 3.63) is 46.2 Å². The second kappa shape index (κ2) is 12.1. The van der Waals surface area contributed by atoms with Crippen LogP contribution in [0.1, 0.15) is 46.8 Å². The largest absolute Gasteiger partial charge is 0.406 e. The summed E-state index contributed by atoms with van der Waals surface area (Å²) in [5.74, 6) is -0.398. The van der Waals surface area contributed by atoms with E-state index in [9.17, 15) is 22.4 Å². The molecule has 0 radical (unpaired) electrons. The minimum atomic E-state index is -4.53. The van der Waals surface area contributed by atoms with E-state index in [0.717, 1.165) is 22.4 Å². The molecule has 2 aliphatic rings. The summed E-state index contributed by atoms with van der Waals surface area (Å²) in [6.07, 6.45) is -1.92. The molecule has 2 saturated heterocycles. The number of hydrogen-bond donors (Lipinski definition) is 2. The van der Waals surface area contributed by atoms with Gasteiger partial charge in [0, 0.05) is 42.8 Å². The third kappa shape index (κ3) is 6.44. The van der Waals surface area contributed by atoms with Gasteiger partial charge in [0.25, 0.3) is 5.91 Å². The Bertz CT molecular complexity index is 1630. The highest BCUT2D eigenvalue weighted by molar-refractivity contribution is 7.13. The second-order valence-corrected chi connectivity index (χ2v) is 12.7. The lowest BCUT2D eigenvalue weighted by Gasteiger charge is -2.33. The van der Waals surface area contributed by atoms with E-state index in [4.69, 9.17) is 9.26 Å². The summed E-state index contributed by atoms with van der Waals surface area (Å²) < 4.78 is 67.7. The van der Waals surface area contributed by atoms with Crippen LogP contribution in [0.15, 0.2) is 35.0 Å². The van der Waals surface area contributed by atoms with Crippen LogP contribution < -0.4 is 10.6 Å². The van der Waals surface area contributed by atoms with Gasteiger partial charge in [0.1, 0.15) is 17.6 Å². The number of aromatic nitrogens is 4. The molecular weight excluding hydrogens is 602 g/mol. The molecule has 2 fully saturated rings. The summed E-state index contributed by atoms with van der Waals surface area (Å²) >= 11 is 1.32. The van der Waals surface area contributed by atoms with Crippen molar-refractivity contribution in [3.63, 3.8) is 0 Å². The Kier molecular flexibility index (Phi) is 8.37. The molecule has 3 aromatic heterocycles. The maximum atomic E-state index is 14.8. The molecular formula is C29H33F4N7O3S. The highest BCUT2D eigenvalue weighted by Gasteiger charge is 2.34. The van der Waals surface area contributed by atoms with E-state index in [1.807, 2.05) is 11.9 Å². The number of carbonyl (C=O) groups excluding carboxylic acids is 1. The van der Waals surface area contributed by atoms with Gasteiger partial charge in [-0.1, -0.05) is 18.1 Å². The first kappa shape index (κ1) is 30.5. The van der Waals surface area contributed by atoms with Gasteiger partial charge in [0.2, 0.25) is 11.7 Å². The maximum absolute atomic E-state index is 14.8. The molecule has 2 aliphatic heterocycles. The highest BCUT2D eigenvalue weighted by Crippen LogP contribution is 2.37. The quantitative estimate of drug-likeness (QED) is 0.256. The fourth-order valence-corrected chi connectivity index (χ4v) is 6.77. The van der Waals surface area contributed by atoms with Gasteiger partial charge < -0.3 is 29.4 Å². The molecule has 2 atom stereocenters. The van der Waals surface area contributed by atoms with Crippen molar-refractivity contribution in [2.45, 2.75) is 63.1 Å². The van der Waals surface area contributed by atoms with Crippen LogP contribution in [0.3, 0.4) is 0 Å². The number of rotatable bonds is 8. The van der Waals surface area contributed by atoms with Crippen LogP contribution in [0.2, 0.25) is 0 Å². The zero-order valence-electron chi connectivity index (χ0n) is 24.3. The van der Waals surface area contributed by atoms with Crippen molar-refractivity contribution < 1.29 is 31.6 Å². The number of halogens is 4. The predicted molar refractivity (Wildman–Crippen MR) is 156 cm³/mol. The number of ether oxygens (including phenoxy) is 1. The topological polar surface area (TPSA) is 110 Å². The van der Waals surface area contributed by atoms with Gasteiger partial charge in [-0.05, 0) is 44.5 Å². The number of carbonyl (C=O) groups is 1. The Morgan fingerprint density at radius 3 is 2.80 bits per heavy atom. The molecule has 0 bridgehead atoms. The van der Waals surface area contributed by atoms with Crippen LogP contribution in [0.25, 0.3) is 22.4 Å². The van der Waals surface area contributed by atoms with Crippen molar-refractivity contribution in [3.8, 4) is 11.5 Å². The molecule has 4 aromatic rings. The normalized spacial score (nSPS) is 21.0. The van der Waals surface area contributed by atoms with Crippen LogP contribution >= 0.6 is 11.3 Å². The lowest BCUT2D eigenvalue weighted by molar-refractivity contribution is -0.139. The first-order chi connectivity index (χ1) is 21.0. The fourth-order valence-electron chi connectivity index (χ4n) is 5.73. The Morgan fingerprint density at radius 1 is 1.25 bits per heavy atom. The molecule has 15 heteroatoms. The number of anilines is 1. The maximum Gasteiger partial charge on any atom is 0.406 e. The van der Waals surface area contributed by atoms with E-state index in [1.54, 1.807) is 24.3 Å². The van der Waals surface area contributed by atoms with Crippen LogP contribution in [0.4, 0.5) is 23.2 Å². The van der Waals surface area contributed by atoms with Crippen molar-refractivity contribution in [1.29, 1.82) is 0 Å². The Hall–Kier alpha value is -3.56. The number of hydrogen-bond acceptors (Lipinski definition) is 9. The van der Waals surface area contributed by atoms with Crippen LogP contribution in [0.5, 0.6) is 0 Å². The van der Waals surface area contributed by atoms with Crippen molar-refractivity contribution in [1.82, 2.24) is 29.9 Å². The first-order valence-electron chi connectivity index (χ1n) is 14.4.